The molecule has 3 aromatic rings. The Morgan fingerprint density at radius 2 is 1.70 bits per heavy atom. The minimum atomic E-state index is -1.06. The van der Waals surface area contributed by atoms with Crippen LogP contribution in [-0.2, 0) is 0 Å². The fourth-order valence-corrected chi connectivity index (χ4v) is 3.77. The van der Waals surface area contributed by atoms with Crippen molar-refractivity contribution in [2.45, 2.75) is 25.7 Å². The highest BCUT2D eigenvalue weighted by Gasteiger charge is 2.18. The summed E-state index contributed by atoms with van der Waals surface area (Å²) in [6, 6.07) is 12.2. The van der Waals surface area contributed by atoms with Crippen LogP contribution in [0.1, 0.15) is 46.4 Å². The minimum Gasteiger partial charge on any atom is -0.478 e. The maximum absolute atomic E-state index is 13.9. The summed E-state index contributed by atoms with van der Waals surface area (Å²) in [6.07, 6.45) is 4.45. The van der Waals surface area contributed by atoms with Crippen molar-refractivity contribution >= 4 is 34.3 Å². The van der Waals surface area contributed by atoms with E-state index in [1.54, 1.807) is 30.3 Å². The van der Waals surface area contributed by atoms with E-state index in [0.717, 1.165) is 25.9 Å². The number of carboxylic acid groups (broad SMARTS) is 1. The van der Waals surface area contributed by atoms with Gasteiger partial charge < -0.3 is 15.3 Å². The Morgan fingerprint density at radius 1 is 0.967 bits per heavy atom. The van der Waals surface area contributed by atoms with Gasteiger partial charge in [0.25, 0.3) is 5.91 Å². The van der Waals surface area contributed by atoms with Crippen molar-refractivity contribution < 1.29 is 19.1 Å². The monoisotopic (exact) mass is 407 g/mol. The fourth-order valence-electron chi connectivity index (χ4n) is 3.77. The number of rotatable bonds is 4. The lowest BCUT2D eigenvalue weighted by Crippen LogP contribution is -2.25. The van der Waals surface area contributed by atoms with Crippen molar-refractivity contribution in [3.05, 3.63) is 65.5 Å². The van der Waals surface area contributed by atoms with Gasteiger partial charge in [-0.3, -0.25) is 4.79 Å². The summed E-state index contributed by atoms with van der Waals surface area (Å²) in [5.74, 6) is -1.62. The first-order valence-corrected chi connectivity index (χ1v) is 10.0. The Balaban J connectivity index is 1.69. The van der Waals surface area contributed by atoms with Crippen molar-refractivity contribution in [1.82, 2.24) is 4.98 Å². The molecule has 2 aromatic carbocycles. The summed E-state index contributed by atoms with van der Waals surface area (Å²) in [5, 5.41) is 12.8. The number of nitrogens with one attached hydrogen (secondary N) is 1. The topological polar surface area (TPSA) is 82.5 Å². The van der Waals surface area contributed by atoms with E-state index in [0.29, 0.717) is 22.4 Å². The number of hydrogen-bond donors (Lipinski definition) is 2. The molecule has 0 spiro atoms. The van der Waals surface area contributed by atoms with Crippen molar-refractivity contribution in [1.29, 1.82) is 0 Å². The molecule has 0 radical (unpaired) electrons. The van der Waals surface area contributed by atoms with E-state index >= 15 is 0 Å². The predicted molar refractivity (Wildman–Crippen MR) is 114 cm³/mol. The summed E-state index contributed by atoms with van der Waals surface area (Å²) < 4.78 is 13.9. The van der Waals surface area contributed by atoms with E-state index in [2.05, 4.69) is 15.2 Å². The van der Waals surface area contributed by atoms with Crippen LogP contribution in [0.25, 0.3) is 10.9 Å². The smallest absolute Gasteiger partial charge is 0.336 e. The highest BCUT2D eigenvalue weighted by atomic mass is 19.1. The Morgan fingerprint density at radius 3 is 2.40 bits per heavy atom. The molecule has 4 rings (SSSR count). The van der Waals surface area contributed by atoms with Gasteiger partial charge in [-0.2, -0.15) is 0 Å². The predicted octanol–water partition coefficient (Wildman–Crippen LogP) is 4.70. The second-order valence-corrected chi connectivity index (χ2v) is 7.40. The van der Waals surface area contributed by atoms with Crippen molar-refractivity contribution in [3.63, 3.8) is 0 Å². The van der Waals surface area contributed by atoms with E-state index in [9.17, 15) is 19.1 Å². The molecule has 2 heterocycles. The molecule has 1 saturated heterocycles. The molecule has 154 valence electrons. The number of benzene rings is 2. The van der Waals surface area contributed by atoms with Crippen LogP contribution >= 0.6 is 0 Å². The zero-order valence-corrected chi connectivity index (χ0v) is 16.4. The first kappa shape index (κ1) is 19.8. The van der Waals surface area contributed by atoms with Gasteiger partial charge in [0.2, 0.25) is 0 Å². The van der Waals surface area contributed by atoms with Crippen molar-refractivity contribution in [2.24, 2.45) is 0 Å². The van der Waals surface area contributed by atoms with Gasteiger partial charge in [-0.05, 0) is 49.2 Å². The zero-order chi connectivity index (χ0) is 21.1. The SMILES string of the molecule is O=C(Nc1ccc2nc(N3CCCCCC3)cc(C(=O)O)c2c1)c1ccccc1F. The van der Waals surface area contributed by atoms with Crippen LogP contribution in [0.2, 0.25) is 0 Å². The lowest BCUT2D eigenvalue weighted by molar-refractivity contribution is 0.0698. The van der Waals surface area contributed by atoms with Crippen LogP contribution in [0, 0.1) is 5.82 Å². The summed E-state index contributed by atoms with van der Waals surface area (Å²) in [7, 11) is 0. The second-order valence-electron chi connectivity index (χ2n) is 7.40. The average molecular weight is 407 g/mol. The minimum absolute atomic E-state index is 0.0781. The lowest BCUT2D eigenvalue weighted by atomic mass is 10.1. The molecule has 2 N–H and O–H groups in total. The zero-order valence-electron chi connectivity index (χ0n) is 16.4. The van der Waals surface area contributed by atoms with Crippen LogP contribution in [0.15, 0.2) is 48.5 Å². The van der Waals surface area contributed by atoms with Gasteiger partial charge in [0.1, 0.15) is 11.6 Å². The Hall–Kier alpha value is -3.48. The number of amides is 1. The maximum atomic E-state index is 13.9. The Kier molecular flexibility index (Phi) is 5.61. The molecule has 0 saturated carbocycles. The Labute approximate surface area is 173 Å². The van der Waals surface area contributed by atoms with Crippen LogP contribution in [0.4, 0.5) is 15.9 Å². The molecular weight excluding hydrogens is 385 g/mol. The van der Waals surface area contributed by atoms with E-state index in [1.165, 1.54) is 31.0 Å². The van der Waals surface area contributed by atoms with Gasteiger partial charge in [-0.15, -0.1) is 0 Å². The molecule has 1 fully saturated rings. The van der Waals surface area contributed by atoms with Crippen LogP contribution in [0.5, 0.6) is 0 Å². The maximum Gasteiger partial charge on any atom is 0.336 e. The fraction of sp³-hybridized carbons (Fsp3) is 0.261. The molecule has 0 bridgehead atoms. The lowest BCUT2D eigenvalue weighted by Gasteiger charge is -2.22. The third-order valence-corrected chi connectivity index (χ3v) is 5.33. The van der Waals surface area contributed by atoms with E-state index in [1.807, 2.05) is 0 Å². The molecular formula is C23H22FN3O3. The second kappa shape index (κ2) is 8.49. The number of anilines is 2. The number of hydrogen-bond acceptors (Lipinski definition) is 4. The van der Waals surface area contributed by atoms with E-state index in [-0.39, 0.29) is 11.1 Å². The first-order chi connectivity index (χ1) is 14.5. The highest BCUT2D eigenvalue weighted by molar-refractivity contribution is 6.08. The number of aromatic nitrogens is 1. The van der Waals surface area contributed by atoms with E-state index < -0.39 is 17.7 Å². The number of carboxylic acids is 1. The molecule has 1 aliphatic rings. The molecule has 1 amide bonds. The number of halogens is 1. The molecule has 6 nitrogen and oxygen atoms in total. The molecule has 0 unspecified atom stereocenters. The van der Waals surface area contributed by atoms with Crippen molar-refractivity contribution in [2.75, 3.05) is 23.3 Å². The number of carbonyl (C=O) groups is 2. The number of aromatic carboxylic acids is 1. The molecule has 1 aromatic heterocycles. The van der Waals surface area contributed by atoms with Gasteiger partial charge in [0, 0.05) is 24.2 Å². The summed E-state index contributed by atoms with van der Waals surface area (Å²) >= 11 is 0. The third kappa shape index (κ3) is 4.10. The average Bonchev–Trinajstić information content (AvgIpc) is 3.02. The number of pyridine rings is 1. The van der Waals surface area contributed by atoms with Crippen molar-refractivity contribution in [3.8, 4) is 0 Å². The molecule has 1 aliphatic heterocycles. The third-order valence-electron chi connectivity index (χ3n) is 5.33. The quantitative estimate of drug-likeness (QED) is 0.655. The molecule has 7 heteroatoms. The number of nitrogens with zero attached hydrogens (tertiary/aromatic N) is 2. The summed E-state index contributed by atoms with van der Waals surface area (Å²) in [6.45, 7) is 1.71. The van der Waals surface area contributed by atoms with Gasteiger partial charge in [-0.25, -0.2) is 14.2 Å². The van der Waals surface area contributed by atoms with Crippen LogP contribution in [-0.4, -0.2) is 35.1 Å². The normalized spacial score (nSPS) is 14.4. The Bertz CT molecular complexity index is 1110. The van der Waals surface area contributed by atoms with E-state index in [4.69, 9.17) is 0 Å². The summed E-state index contributed by atoms with van der Waals surface area (Å²) in [4.78, 5) is 31.1. The van der Waals surface area contributed by atoms with Crippen LogP contribution < -0.4 is 10.2 Å². The standard InChI is InChI=1S/C23H22FN3O3/c24-19-8-4-3-7-16(19)22(28)25-15-9-10-20-17(13-15)18(23(29)30)14-21(26-20)27-11-5-1-2-6-12-27/h3-4,7-10,13-14H,1-2,5-6,11-12H2,(H,25,28)(H,29,30). The molecule has 30 heavy (non-hydrogen) atoms. The summed E-state index contributed by atoms with van der Waals surface area (Å²) in [5.41, 5.74) is 0.965. The van der Waals surface area contributed by atoms with Gasteiger partial charge >= 0.3 is 5.97 Å². The van der Waals surface area contributed by atoms with Gasteiger partial charge in [0.15, 0.2) is 0 Å². The van der Waals surface area contributed by atoms with Crippen LogP contribution in [0.3, 0.4) is 0 Å². The molecule has 0 aliphatic carbocycles. The largest absolute Gasteiger partial charge is 0.478 e. The molecule has 0 atom stereocenters. The van der Waals surface area contributed by atoms with Gasteiger partial charge in [-0.1, -0.05) is 25.0 Å². The first-order valence-electron chi connectivity index (χ1n) is 10.0. The van der Waals surface area contributed by atoms with Gasteiger partial charge in [0.05, 0.1) is 16.6 Å². The highest BCUT2D eigenvalue weighted by Crippen LogP contribution is 2.27. The number of fused-ring (bicyclic) bond motifs is 1. The number of carbonyl (C=O) groups excluding carboxylic acids is 1.